The maximum Gasteiger partial charge on any atom is 0.435 e. The van der Waals surface area contributed by atoms with Crippen molar-refractivity contribution >= 4 is 32.6 Å². The summed E-state index contributed by atoms with van der Waals surface area (Å²) in [5.41, 5.74) is -1.00. The Hall–Kier alpha value is -2.12. The summed E-state index contributed by atoms with van der Waals surface area (Å²) in [4.78, 5) is -0.364. The largest absolute Gasteiger partial charge is 0.507 e. The molecule has 3 aromatic rings. The summed E-state index contributed by atoms with van der Waals surface area (Å²) in [6.07, 6.45) is -4.74. The lowest BCUT2D eigenvalue weighted by atomic mass is 10.1. The van der Waals surface area contributed by atoms with Crippen LogP contribution in [0.3, 0.4) is 0 Å². The highest BCUT2D eigenvalue weighted by Crippen LogP contribution is 2.35. The molecule has 3 rings (SSSR count). The zero-order chi connectivity index (χ0) is 20.0. The van der Waals surface area contributed by atoms with Gasteiger partial charge in [0.2, 0.25) is 10.0 Å². The van der Waals surface area contributed by atoms with E-state index in [9.17, 15) is 26.7 Å². The molecule has 6 nitrogen and oxygen atoms in total. The molecule has 142 valence electrons. The van der Waals surface area contributed by atoms with Crippen LogP contribution in [0.15, 0.2) is 53.4 Å². The molecule has 0 aliphatic carbocycles. The van der Waals surface area contributed by atoms with Gasteiger partial charge < -0.3 is 5.11 Å². The van der Waals surface area contributed by atoms with E-state index in [1.54, 1.807) is 0 Å². The van der Waals surface area contributed by atoms with E-state index in [0.29, 0.717) is 9.13 Å². The van der Waals surface area contributed by atoms with Crippen molar-refractivity contribution in [1.29, 1.82) is 0 Å². The molecule has 0 fully saturated rings. The molecular formula is C16H11F3IN3O3S. The first-order valence-electron chi connectivity index (χ1n) is 7.27. The highest BCUT2D eigenvalue weighted by molar-refractivity contribution is 14.1. The van der Waals surface area contributed by atoms with Crippen molar-refractivity contribution in [3.8, 4) is 22.7 Å². The molecule has 1 aromatic heterocycles. The van der Waals surface area contributed by atoms with Gasteiger partial charge in [0.25, 0.3) is 0 Å². The number of hydrogen-bond donors (Lipinski definition) is 2. The number of hydrogen-bond acceptors (Lipinski definition) is 4. The standard InChI is InChI=1S/C16H11F3IN3O3S/c17-16(18,19)15-8-12(9-5-6-13(24)10(20)7-9)23(22-15)11-3-1-2-4-14(11)27(21,25)26/h1-8,24H,(H2,21,25,26). The van der Waals surface area contributed by atoms with E-state index in [1.165, 1.54) is 42.5 Å². The second-order valence-corrected chi connectivity index (χ2v) is 8.20. The average Bonchev–Trinajstić information content (AvgIpc) is 3.02. The lowest BCUT2D eigenvalue weighted by Gasteiger charge is -2.12. The second kappa shape index (κ2) is 6.80. The SMILES string of the molecule is NS(=O)(=O)c1ccccc1-n1nc(C(F)(F)F)cc1-c1ccc(O)c(I)c1. The van der Waals surface area contributed by atoms with E-state index >= 15 is 0 Å². The number of nitrogens with zero attached hydrogens (tertiary/aromatic N) is 2. The molecule has 0 radical (unpaired) electrons. The quantitative estimate of drug-likeness (QED) is 0.529. The molecule has 0 aliphatic heterocycles. The number of benzene rings is 2. The first-order chi connectivity index (χ1) is 12.5. The van der Waals surface area contributed by atoms with Crippen LogP contribution in [0.5, 0.6) is 5.75 Å². The molecular weight excluding hydrogens is 498 g/mol. The topological polar surface area (TPSA) is 98.2 Å². The third-order valence-electron chi connectivity index (χ3n) is 3.64. The van der Waals surface area contributed by atoms with Crippen LogP contribution >= 0.6 is 22.6 Å². The van der Waals surface area contributed by atoms with Crippen molar-refractivity contribution in [2.75, 3.05) is 0 Å². The summed E-state index contributed by atoms with van der Waals surface area (Å²) in [5.74, 6) is -0.0357. The van der Waals surface area contributed by atoms with Gasteiger partial charge in [-0.1, -0.05) is 12.1 Å². The van der Waals surface area contributed by atoms with Crippen molar-refractivity contribution in [2.24, 2.45) is 5.14 Å². The highest BCUT2D eigenvalue weighted by atomic mass is 127. The van der Waals surface area contributed by atoms with Crippen LogP contribution in [0.25, 0.3) is 16.9 Å². The van der Waals surface area contributed by atoms with Gasteiger partial charge in [-0.25, -0.2) is 18.2 Å². The summed E-state index contributed by atoms with van der Waals surface area (Å²) in [7, 11) is -4.21. The van der Waals surface area contributed by atoms with Crippen LogP contribution in [0, 0.1) is 3.57 Å². The second-order valence-electron chi connectivity index (χ2n) is 5.50. The predicted octanol–water partition coefficient (Wildman–Crippen LogP) is 3.52. The molecule has 3 N–H and O–H groups in total. The number of phenols is 1. The summed E-state index contributed by atoms with van der Waals surface area (Å²) < 4.78 is 64.7. The van der Waals surface area contributed by atoms with Crippen LogP contribution in [0.2, 0.25) is 0 Å². The zero-order valence-electron chi connectivity index (χ0n) is 13.3. The molecule has 27 heavy (non-hydrogen) atoms. The fraction of sp³-hybridized carbons (Fsp3) is 0.0625. The first kappa shape index (κ1) is 19.6. The monoisotopic (exact) mass is 509 g/mol. The van der Waals surface area contributed by atoms with E-state index in [1.807, 2.05) is 22.6 Å². The molecule has 0 spiro atoms. The normalized spacial score (nSPS) is 12.3. The third-order valence-corrected chi connectivity index (χ3v) is 5.47. The van der Waals surface area contributed by atoms with Crippen LogP contribution in [-0.4, -0.2) is 23.3 Å². The van der Waals surface area contributed by atoms with E-state index in [4.69, 9.17) is 5.14 Å². The van der Waals surface area contributed by atoms with Gasteiger partial charge in [0.15, 0.2) is 5.69 Å². The van der Waals surface area contributed by atoms with Crippen LogP contribution in [0.1, 0.15) is 5.69 Å². The van der Waals surface area contributed by atoms with Crippen LogP contribution in [-0.2, 0) is 16.2 Å². The minimum Gasteiger partial charge on any atom is -0.507 e. The number of nitrogens with two attached hydrogens (primary N) is 1. The number of sulfonamides is 1. The van der Waals surface area contributed by atoms with E-state index in [-0.39, 0.29) is 22.0 Å². The van der Waals surface area contributed by atoms with Crippen LogP contribution < -0.4 is 5.14 Å². The molecule has 0 saturated heterocycles. The number of aromatic nitrogens is 2. The molecule has 11 heteroatoms. The third kappa shape index (κ3) is 3.94. The van der Waals surface area contributed by atoms with Crippen molar-refractivity contribution < 1.29 is 26.7 Å². The number of primary sulfonamides is 1. The Morgan fingerprint density at radius 1 is 1.11 bits per heavy atom. The van der Waals surface area contributed by atoms with Crippen molar-refractivity contribution in [3.63, 3.8) is 0 Å². The first-order valence-corrected chi connectivity index (χ1v) is 9.89. The van der Waals surface area contributed by atoms with Gasteiger partial charge in [-0.05, 0) is 59.0 Å². The molecule has 0 atom stereocenters. The van der Waals surface area contributed by atoms with E-state index in [2.05, 4.69) is 5.10 Å². The summed E-state index contributed by atoms with van der Waals surface area (Å²) in [6.45, 7) is 0. The molecule has 1 heterocycles. The Morgan fingerprint density at radius 3 is 2.37 bits per heavy atom. The highest BCUT2D eigenvalue weighted by Gasteiger charge is 2.36. The fourth-order valence-electron chi connectivity index (χ4n) is 2.45. The number of aromatic hydroxyl groups is 1. The average molecular weight is 509 g/mol. The maximum atomic E-state index is 13.2. The Bertz CT molecular complexity index is 1130. The van der Waals surface area contributed by atoms with Gasteiger partial charge in [0.1, 0.15) is 10.6 Å². The summed E-state index contributed by atoms with van der Waals surface area (Å²) in [6, 6.07) is 10.4. The van der Waals surface area contributed by atoms with Gasteiger partial charge in [0, 0.05) is 5.56 Å². The molecule has 0 saturated carbocycles. The minimum absolute atomic E-state index is 0.00339. The van der Waals surface area contributed by atoms with E-state index in [0.717, 1.165) is 10.7 Å². The van der Waals surface area contributed by atoms with Gasteiger partial charge in [-0.3, -0.25) is 0 Å². The van der Waals surface area contributed by atoms with Gasteiger partial charge in [-0.2, -0.15) is 18.3 Å². The van der Waals surface area contributed by atoms with E-state index < -0.39 is 21.9 Å². The number of phenolic OH excluding ortho intramolecular Hbond substituents is 1. The fourth-order valence-corrected chi connectivity index (χ4v) is 3.68. The lowest BCUT2D eigenvalue weighted by Crippen LogP contribution is -2.16. The predicted molar refractivity (Wildman–Crippen MR) is 99.8 cm³/mol. The van der Waals surface area contributed by atoms with Crippen molar-refractivity contribution in [2.45, 2.75) is 11.1 Å². The number of para-hydroxylation sites is 1. The van der Waals surface area contributed by atoms with Crippen LogP contribution in [0.4, 0.5) is 13.2 Å². The smallest absolute Gasteiger partial charge is 0.435 e. The number of halogens is 4. The molecule has 0 unspecified atom stereocenters. The van der Waals surface area contributed by atoms with Gasteiger partial charge in [0.05, 0.1) is 15.0 Å². The number of rotatable bonds is 3. The maximum absolute atomic E-state index is 13.2. The molecule has 2 aromatic carbocycles. The summed E-state index contributed by atoms with van der Waals surface area (Å²) >= 11 is 1.83. The Morgan fingerprint density at radius 2 is 1.78 bits per heavy atom. The lowest BCUT2D eigenvalue weighted by molar-refractivity contribution is -0.141. The van der Waals surface area contributed by atoms with Gasteiger partial charge >= 0.3 is 6.18 Å². The Balaban J connectivity index is 2.34. The molecule has 0 amide bonds. The van der Waals surface area contributed by atoms with Crippen molar-refractivity contribution in [1.82, 2.24) is 9.78 Å². The number of alkyl halides is 3. The van der Waals surface area contributed by atoms with Crippen molar-refractivity contribution in [3.05, 3.63) is 57.8 Å². The van der Waals surface area contributed by atoms with Gasteiger partial charge in [-0.15, -0.1) is 0 Å². The molecule has 0 bridgehead atoms. The minimum atomic E-state index is -4.74. The Kier molecular flexibility index (Phi) is 4.94. The Labute approximate surface area is 165 Å². The molecule has 0 aliphatic rings. The zero-order valence-corrected chi connectivity index (χ0v) is 16.2. The summed E-state index contributed by atoms with van der Waals surface area (Å²) in [5, 5.41) is 18.4.